The molecule has 1 fully saturated rings. The van der Waals surface area contributed by atoms with Gasteiger partial charge in [0.1, 0.15) is 0 Å². The van der Waals surface area contributed by atoms with Crippen LogP contribution in [-0.4, -0.2) is 30.8 Å². The van der Waals surface area contributed by atoms with E-state index in [1.54, 1.807) is 0 Å². The molecule has 1 aliphatic rings. The monoisotopic (exact) mass is 262 g/mol. The summed E-state index contributed by atoms with van der Waals surface area (Å²) < 4.78 is 0. The van der Waals surface area contributed by atoms with Crippen molar-refractivity contribution < 1.29 is 5.11 Å². The van der Waals surface area contributed by atoms with Crippen molar-refractivity contribution in [2.45, 2.75) is 45.2 Å². The second kappa shape index (κ2) is 7.51. The van der Waals surface area contributed by atoms with Gasteiger partial charge in [-0.15, -0.1) is 0 Å². The zero-order chi connectivity index (χ0) is 13.5. The summed E-state index contributed by atoms with van der Waals surface area (Å²) in [5.41, 5.74) is 2.78. The summed E-state index contributed by atoms with van der Waals surface area (Å²) in [7, 11) is 0. The molecule has 0 aliphatic carbocycles. The Kier molecular flexibility index (Phi) is 5.67. The zero-order valence-corrected chi connectivity index (χ0v) is 11.9. The Balaban J connectivity index is 1.92. The topological polar surface area (TPSA) is 35.5 Å². The summed E-state index contributed by atoms with van der Waals surface area (Å²) in [6, 6.07) is 9.17. The van der Waals surface area contributed by atoms with E-state index in [4.69, 9.17) is 5.11 Å². The van der Waals surface area contributed by atoms with Gasteiger partial charge in [-0.2, -0.15) is 0 Å². The number of hydrogen-bond acceptors (Lipinski definition) is 3. The van der Waals surface area contributed by atoms with Crippen molar-refractivity contribution in [2.75, 3.05) is 24.6 Å². The third-order valence-electron chi connectivity index (χ3n) is 3.87. The fraction of sp³-hybridized carbons (Fsp3) is 0.625. The Bertz CT molecular complexity index is 375. The number of nitrogens with zero attached hydrogens (tertiary/aromatic N) is 1. The Labute approximate surface area is 116 Å². The molecule has 0 bridgehead atoms. The number of aliphatic hydroxyl groups excluding tert-OH is 1. The van der Waals surface area contributed by atoms with Crippen LogP contribution in [0.2, 0.25) is 0 Å². The largest absolute Gasteiger partial charge is 0.396 e. The Hall–Kier alpha value is -1.06. The Morgan fingerprint density at radius 3 is 2.74 bits per heavy atom. The molecule has 0 radical (unpaired) electrons. The summed E-state index contributed by atoms with van der Waals surface area (Å²) in [5, 5.41) is 12.4. The zero-order valence-electron chi connectivity index (χ0n) is 11.9. The van der Waals surface area contributed by atoms with Gasteiger partial charge in [0.2, 0.25) is 0 Å². The van der Waals surface area contributed by atoms with Crippen LogP contribution in [0.1, 0.15) is 38.2 Å². The molecule has 1 atom stereocenters. The molecular formula is C16H26N2O. The fourth-order valence-corrected chi connectivity index (χ4v) is 2.71. The van der Waals surface area contributed by atoms with E-state index in [9.17, 15) is 0 Å². The van der Waals surface area contributed by atoms with Crippen LogP contribution in [-0.2, 0) is 6.54 Å². The minimum Gasteiger partial charge on any atom is -0.396 e. The number of aliphatic hydroxyl groups is 1. The highest BCUT2D eigenvalue weighted by Crippen LogP contribution is 2.24. The highest BCUT2D eigenvalue weighted by atomic mass is 16.2. The van der Waals surface area contributed by atoms with Gasteiger partial charge in [-0.05, 0) is 44.2 Å². The van der Waals surface area contributed by atoms with Crippen molar-refractivity contribution in [1.29, 1.82) is 0 Å². The van der Waals surface area contributed by atoms with Crippen molar-refractivity contribution in [1.82, 2.24) is 5.32 Å². The predicted molar refractivity (Wildman–Crippen MR) is 80.5 cm³/mol. The fourth-order valence-electron chi connectivity index (χ4n) is 2.71. The van der Waals surface area contributed by atoms with E-state index in [0.717, 1.165) is 19.4 Å². The molecule has 3 nitrogen and oxygen atoms in total. The smallest absolute Gasteiger partial charge is 0.0431 e. The molecule has 1 saturated heterocycles. The summed E-state index contributed by atoms with van der Waals surface area (Å²) in [4.78, 5) is 2.50. The van der Waals surface area contributed by atoms with E-state index in [0.29, 0.717) is 6.04 Å². The van der Waals surface area contributed by atoms with Crippen LogP contribution in [0, 0.1) is 0 Å². The maximum atomic E-state index is 8.85. The first-order valence-electron chi connectivity index (χ1n) is 7.48. The van der Waals surface area contributed by atoms with Crippen molar-refractivity contribution in [3.05, 3.63) is 29.8 Å². The first-order chi connectivity index (χ1) is 9.31. The van der Waals surface area contributed by atoms with E-state index in [1.165, 1.54) is 37.2 Å². The van der Waals surface area contributed by atoms with Crippen molar-refractivity contribution >= 4 is 5.69 Å². The standard InChI is InChI=1S/C16H26N2O/c1-14(7-6-12-19)17-13-15-8-2-3-9-16(15)18-10-4-5-11-18/h2-3,8-9,14,17,19H,4-7,10-13H2,1H3. The first-order valence-corrected chi connectivity index (χ1v) is 7.48. The number of para-hydroxylation sites is 1. The molecule has 1 aromatic carbocycles. The quantitative estimate of drug-likeness (QED) is 0.792. The third-order valence-corrected chi connectivity index (χ3v) is 3.87. The molecule has 2 N–H and O–H groups in total. The van der Waals surface area contributed by atoms with E-state index < -0.39 is 0 Å². The lowest BCUT2D eigenvalue weighted by Crippen LogP contribution is -2.27. The molecular weight excluding hydrogens is 236 g/mol. The van der Waals surface area contributed by atoms with Crippen LogP contribution >= 0.6 is 0 Å². The number of rotatable bonds is 7. The van der Waals surface area contributed by atoms with Gasteiger partial charge in [0, 0.05) is 38.0 Å². The number of nitrogens with one attached hydrogen (secondary N) is 1. The van der Waals surface area contributed by atoms with E-state index in [-0.39, 0.29) is 6.61 Å². The maximum Gasteiger partial charge on any atom is 0.0431 e. The predicted octanol–water partition coefficient (Wildman–Crippen LogP) is 2.54. The molecule has 0 saturated carbocycles. The van der Waals surface area contributed by atoms with Gasteiger partial charge in [0.15, 0.2) is 0 Å². The number of benzene rings is 1. The minimum atomic E-state index is 0.288. The highest BCUT2D eigenvalue weighted by molar-refractivity contribution is 5.54. The molecule has 0 spiro atoms. The van der Waals surface area contributed by atoms with Gasteiger partial charge in [0.05, 0.1) is 0 Å². The normalized spacial score (nSPS) is 16.8. The molecule has 106 valence electrons. The molecule has 1 aliphatic heterocycles. The van der Waals surface area contributed by atoms with E-state index in [2.05, 4.69) is 41.4 Å². The van der Waals surface area contributed by atoms with Crippen LogP contribution in [0.25, 0.3) is 0 Å². The van der Waals surface area contributed by atoms with Gasteiger partial charge < -0.3 is 15.3 Å². The molecule has 0 aromatic heterocycles. The second-order valence-electron chi connectivity index (χ2n) is 5.47. The van der Waals surface area contributed by atoms with Gasteiger partial charge in [-0.3, -0.25) is 0 Å². The lowest BCUT2D eigenvalue weighted by molar-refractivity contribution is 0.276. The second-order valence-corrected chi connectivity index (χ2v) is 5.47. The molecule has 1 unspecified atom stereocenters. The Morgan fingerprint density at radius 2 is 2.00 bits per heavy atom. The van der Waals surface area contributed by atoms with Crippen molar-refractivity contribution in [2.24, 2.45) is 0 Å². The van der Waals surface area contributed by atoms with Crippen LogP contribution in [0.5, 0.6) is 0 Å². The molecule has 2 rings (SSSR count). The van der Waals surface area contributed by atoms with Gasteiger partial charge in [-0.1, -0.05) is 18.2 Å². The average molecular weight is 262 g/mol. The minimum absolute atomic E-state index is 0.288. The Morgan fingerprint density at radius 1 is 1.26 bits per heavy atom. The number of anilines is 1. The molecule has 3 heteroatoms. The SMILES string of the molecule is CC(CCCO)NCc1ccccc1N1CCCC1. The van der Waals surface area contributed by atoms with Crippen LogP contribution in [0.3, 0.4) is 0 Å². The average Bonchev–Trinajstić information content (AvgIpc) is 2.97. The van der Waals surface area contributed by atoms with Crippen molar-refractivity contribution in [3.8, 4) is 0 Å². The first kappa shape index (κ1) is 14.4. The summed E-state index contributed by atoms with van der Waals surface area (Å²) in [6.45, 7) is 5.78. The highest BCUT2D eigenvalue weighted by Gasteiger charge is 2.15. The summed E-state index contributed by atoms with van der Waals surface area (Å²) in [6.07, 6.45) is 4.54. The summed E-state index contributed by atoms with van der Waals surface area (Å²) >= 11 is 0. The summed E-state index contributed by atoms with van der Waals surface area (Å²) in [5.74, 6) is 0. The molecule has 1 aromatic rings. The van der Waals surface area contributed by atoms with Crippen LogP contribution in [0.15, 0.2) is 24.3 Å². The lowest BCUT2D eigenvalue weighted by Gasteiger charge is -2.22. The molecule has 1 heterocycles. The third kappa shape index (κ3) is 4.22. The van der Waals surface area contributed by atoms with Crippen LogP contribution < -0.4 is 10.2 Å². The molecule has 19 heavy (non-hydrogen) atoms. The van der Waals surface area contributed by atoms with Crippen LogP contribution in [0.4, 0.5) is 5.69 Å². The van der Waals surface area contributed by atoms with Gasteiger partial charge >= 0.3 is 0 Å². The van der Waals surface area contributed by atoms with Gasteiger partial charge in [0.25, 0.3) is 0 Å². The lowest BCUT2D eigenvalue weighted by atomic mass is 10.1. The van der Waals surface area contributed by atoms with E-state index >= 15 is 0 Å². The van der Waals surface area contributed by atoms with Crippen molar-refractivity contribution in [3.63, 3.8) is 0 Å². The molecule has 0 amide bonds. The number of hydrogen-bond donors (Lipinski definition) is 2. The van der Waals surface area contributed by atoms with Gasteiger partial charge in [-0.25, -0.2) is 0 Å². The maximum absolute atomic E-state index is 8.85. The van der Waals surface area contributed by atoms with E-state index in [1.807, 2.05) is 0 Å².